The summed E-state index contributed by atoms with van der Waals surface area (Å²) < 4.78 is 0. The molecule has 0 bridgehead atoms. The second kappa shape index (κ2) is 7.05. The molecule has 1 amide bonds. The van der Waals surface area contributed by atoms with Crippen LogP contribution in [-0.4, -0.2) is 36.5 Å². The van der Waals surface area contributed by atoms with Crippen LogP contribution in [0.3, 0.4) is 0 Å². The molecule has 1 saturated heterocycles. The Labute approximate surface area is 127 Å². The largest absolute Gasteiger partial charge is 0.327 e. The molecule has 116 valence electrons. The standard InChI is InChI=1S/C17H27N3O/c1-4-14-7-5-6-13(3)17(14)19-16(21)11-20-9-12(2)8-15(18)10-20/h5-7,12,15H,4,8-11,18H2,1-3H3,(H,19,21). The van der Waals surface area contributed by atoms with Gasteiger partial charge < -0.3 is 11.1 Å². The summed E-state index contributed by atoms with van der Waals surface area (Å²) in [5, 5.41) is 3.09. The summed E-state index contributed by atoms with van der Waals surface area (Å²) in [6, 6.07) is 6.33. The Morgan fingerprint density at radius 1 is 1.43 bits per heavy atom. The molecule has 0 saturated carbocycles. The number of rotatable bonds is 4. The van der Waals surface area contributed by atoms with Gasteiger partial charge in [-0.25, -0.2) is 0 Å². The zero-order valence-electron chi connectivity index (χ0n) is 13.4. The van der Waals surface area contributed by atoms with Crippen molar-refractivity contribution >= 4 is 11.6 Å². The summed E-state index contributed by atoms with van der Waals surface area (Å²) in [4.78, 5) is 14.5. The predicted molar refractivity (Wildman–Crippen MR) is 87.4 cm³/mol. The normalized spacial score (nSPS) is 23.0. The number of nitrogens with two attached hydrogens (primary N) is 1. The van der Waals surface area contributed by atoms with Gasteiger partial charge in [-0.3, -0.25) is 9.69 Å². The van der Waals surface area contributed by atoms with E-state index in [1.54, 1.807) is 0 Å². The molecule has 0 radical (unpaired) electrons. The van der Waals surface area contributed by atoms with Crippen LogP contribution >= 0.6 is 0 Å². The Kier molecular flexibility index (Phi) is 5.37. The summed E-state index contributed by atoms with van der Waals surface area (Å²) in [5.41, 5.74) is 9.32. The second-order valence-corrected chi connectivity index (χ2v) is 6.31. The van der Waals surface area contributed by atoms with Gasteiger partial charge in [0.15, 0.2) is 0 Å². The average molecular weight is 289 g/mol. The molecule has 0 aliphatic carbocycles. The third-order valence-electron chi connectivity index (χ3n) is 4.14. The molecule has 1 fully saturated rings. The fraction of sp³-hybridized carbons (Fsp3) is 0.588. The number of hydrogen-bond donors (Lipinski definition) is 2. The molecule has 2 atom stereocenters. The topological polar surface area (TPSA) is 58.4 Å². The zero-order valence-corrected chi connectivity index (χ0v) is 13.4. The van der Waals surface area contributed by atoms with Gasteiger partial charge in [-0.15, -0.1) is 0 Å². The van der Waals surface area contributed by atoms with Crippen molar-refractivity contribution in [1.29, 1.82) is 0 Å². The van der Waals surface area contributed by atoms with Crippen molar-refractivity contribution in [3.8, 4) is 0 Å². The number of aryl methyl sites for hydroxylation is 2. The summed E-state index contributed by atoms with van der Waals surface area (Å²) in [5.74, 6) is 0.617. The number of nitrogens with one attached hydrogen (secondary N) is 1. The van der Waals surface area contributed by atoms with Crippen molar-refractivity contribution in [3.63, 3.8) is 0 Å². The number of piperidine rings is 1. The predicted octanol–water partition coefficient (Wildman–Crippen LogP) is 2.17. The minimum absolute atomic E-state index is 0.0558. The molecule has 1 aliphatic rings. The first kappa shape index (κ1) is 16.0. The van der Waals surface area contributed by atoms with Crippen molar-refractivity contribution < 1.29 is 4.79 Å². The lowest BCUT2D eigenvalue weighted by Gasteiger charge is -2.34. The number of para-hydroxylation sites is 1. The van der Waals surface area contributed by atoms with E-state index >= 15 is 0 Å². The van der Waals surface area contributed by atoms with E-state index < -0.39 is 0 Å². The highest BCUT2D eigenvalue weighted by Crippen LogP contribution is 2.21. The van der Waals surface area contributed by atoms with Gasteiger partial charge in [-0.05, 0) is 36.8 Å². The van der Waals surface area contributed by atoms with Gasteiger partial charge in [0.25, 0.3) is 0 Å². The number of likely N-dealkylation sites (tertiary alicyclic amines) is 1. The van der Waals surface area contributed by atoms with Crippen molar-refractivity contribution in [1.82, 2.24) is 4.90 Å². The monoisotopic (exact) mass is 289 g/mol. The molecule has 21 heavy (non-hydrogen) atoms. The quantitative estimate of drug-likeness (QED) is 0.893. The molecule has 3 N–H and O–H groups in total. The van der Waals surface area contributed by atoms with Gasteiger partial charge in [0, 0.05) is 24.8 Å². The molecule has 2 unspecified atom stereocenters. The SMILES string of the molecule is CCc1cccc(C)c1NC(=O)CN1CC(C)CC(N)C1. The minimum atomic E-state index is 0.0558. The lowest BCUT2D eigenvalue weighted by Crippen LogP contribution is -2.48. The lowest BCUT2D eigenvalue weighted by atomic mass is 9.96. The first-order chi connectivity index (χ1) is 9.99. The Morgan fingerprint density at radius 2 is 2.19 bits per heavy atom. The van der Waals surface area contributed by atoms with Crippen molar-refractivity contribution in [2.75, 3.05) is 25.0 Å². The van der Waals surface area contributed by atoms with Crippen LogP contribution in [0.1, 0.15) is 31.4 Å². The molecule has 4 nitrogen and oxygen atoms in total. The van der Waals surface area contributed by atoms with Gasteiger partial charge in [-0.2, -0.15) is 0 Å². The Hall–Kier alpha value is -1.39. The smallest absolute Gasteiger partial charge is 0.238 e. The molecule has 0 spiro atoms. The molecule has 2 rings (SSSR count). The van der Waals surface area contributed by atoms with Crippen LogP contribution in [0.5, 0.6) is 0 Å². The summed E-state index contributed by atoms with van der Waals surface area (Å²) in [6.07, 6.45) is 1.97. The minimum Gasteiger partial charge on any atom is -0.327 e. The fourth-order valence-electron chi connectivity index (χ4n) is 3.23. The lowest BCUT2D eigenvalue weighted by molar-refractivity contribution is -0.117. The van der Waals surface area contributed by atoms with E-state index in [4.69, 9.17) is 5.73 Å². The van der Waals surface area contributed by atoms with Gasteiger partial charge in [0.05, 0.1) is 6.54 Å². The van der Waals surface area contributed by atoms with Crippen molar-refractivity contribution in [3.05, 3.63) is 29.3 Å². The van der Waals surface area contributed by atoms with E-state index in [1.165, 1.54) is 5.56 Å². The van der Waals surface area contributed by atoms with Crippen LogP contribution in [0.25, 0.3) is 0 Å². The maximum Gasteiger partial charge on any atom is 0.238 e. The van der Waals surface area contributed by atoms with E-state index in [9.17, 15) is 4.79 Å². The summed E-state index contributed by atoms with van der Waals surface area (Å²) in [7, 11) is 0. The van der Waals surface area contributed by atoms with Crippen molar-refractivity contribution in [2.45, 2.75) is 39.7 Å². The fourth-order valence-corrected chi connectivity index (χ4v) is 3.23. The molecule has 1 aliphatic heterocycles. The molecule has 1 heterocycles. The van der Waals surface area contributed by atoms with Crippen molar-refractivity contribution in [2.24, 2.45) is 11.7 Å². The Bertz CT molecular complexity index is 491. The van der Waals surface area contributed by atoms with E-state index in [1.807, 2.05) is 19.1 Å². The first-order valence-electron chi connectivity index (χ1n) is 7.85. The van der Waals surface area contributed by atoms with E-state index in [0.29, 0.717) is 12.5 Å². The third kappa shape index (κ3) is 4.29. The molecule has 1 aromatic rings. The maximum atomic E-state index is 12.3. The van der Waals surface area contributed by atoms with Crippen LogP contribution in [0.2, 0.25) is 0 Å². The van der Waals surface area contributed by atoms with E-state index in [-0.39, 0.29) is 11.9 Å². The highest BCUT2D eigenvalue weighted by atomic mass is 16.2. The molecule has 1 aromatic carbocycles. The van der Waals surface area contributed by atoms with Crippen LogP contribution in [0.4, 0.5) is 5.69 Å². The molecular weight excluding hydrogens is 262 g/mol. The highest BCUT2D eigenvalue weighted by Gasteiger charge is 2.23. The molecule has 0 aromatic heterocycles. The van der Waals surface area contributed by atoms with Crippen LogP contribution in [0.15, 0.2) is 18.2 Å². The number of amides is 1. The maximum absolute atomic E-state index is 12.3. The number of carbonyl (C=O) groups is 1. The third-order valence-corrected chi connectivity index (χ3v) is 4.14. The van der Waals surface area contributed by atoms with E-state index in [0.717, 1.165) is 37.2 Å². The average Bonchev–Trinajstić information content (AvgIpc) is 2.39. The molecule has 4 heteroatoms. The Morgan fingerprint density at radius 3 is 2.86 bits per heavy atom. The number of nitrogens with zero attached hydrogens (tertiary/aromatic N) is 1. The van der Waals surface area contributed by atoms with Gasteiger partial charge in [-0.1, -0.05) is 32.0 Å². The van der Waals surface area contributed by atoms with Crippen LogP contribution in [0, 0.1) is 12.8 Å². The molecular formula is C17H27N3O. The van der Waals surface area contributed by atoms with Gasteiger partial charge in [0.2, 0.25) is 5.91 Å². The summed E-state index contributed by atoms with van der Waals surface area (Å²) in [6.45, 7) is 8.53. The van der Waals surface area contributed by atoms with Gasteiger partial charge in [0.1, 0.15) is 0 Å². The highest BCUT2D eigenvalue weighted by molar-refractivity contribution is 5.93. The zero-order chi connectivity index (χ0) is 15.4. The number of anilines is 1. The Balaban J connectivity index is 1.99. The summed E-state index contributed by atoms with van der Waals surface area (Å²) >= 11 is 0. The number of hydrogen-bond acceptors (Lipinski definition) is 3. The van der Waals surface area contributed by atoms with Crippen LogP contribution < -0.4 is 11.1 Å². The van der Waals surface area contributed by atoms with Gasteiger partial charge >= 0.3 is 0 Å². The van der Waals surface area contributed by atoms with Crippen LogP contribution in [-0.2, 0) is 11.2 Å². The number of carbonyl (C=O) groups excluding carboxylic acids is 1. The van der Waals surface area contributed by atoms with E-state index in [2.05, 4.69) is 30.1 Å². The first-order valence-corrected chi connectivity index (χ1v) is 7.85. The number of benzene rings is 1. The second-order valence-electron chi connectivity index (χ2n) is 6.31.